The summed E-state index contributed by atoms with van der Waals surface area (Å²) in [5.41, 5.74) is 4.53. The molecule has 0 spiro atoms. The summed E-state index contributed by atoms with van der Waals surface area (Å²) in [6.45, 7) is 0. The van der Waals surface area contributed by atoms with E-state index in [0.29, 0.717) is 0 Å². The first-order valence-electron chi connectivity index (χ1n) is 5.60. The van der Waals surface area contributed by atoms with Gasteiger partial charge in [0, 0.05) is 5.69 Å². The number of carbonyl (C=O) groups is 2. The van der Waals surface area contributed by atoms with Gasteiger partial charge in [-0.25, -0.2) is 13.8 Å². The fraction of sp³-hybridized carbons (Fsp3) is 0. The predicted molar refractivity (Wildman–Crippen MR) is 72.1 cm³/mol. The summed E-state index contributed by atoms with van der Waals surface area (Å²) in [6, 6.07) is 4.17. The lowest BCUT2D eigenvalue weighted by Gasteiger charge is -2.08. The fourth-order valence-corrected chi connectivity index (χ4v) is 1.76. The summed E-state index contributed by atoms with van der Waals surface area (Å²) >= 11 is 5.69. The Morgan fingerprint density at radius 3 is 2.57 bits per heavy atom. The molecule has 1 heterocycles. The van der Waals surface area contributed by atoms with Gasteiger partial charge in [-0.3, -0.25) is 9.59 Å². The van der Waals surface area contributed by atoms with Crippen LogP contribution in [-0.2, 0) is 0 Å². The maximum Gasteiger partial charge on any atom is 0.258 e. The first-order chi connectivity index (χ1) is 9.88. The molecule has 2 rings (SSSR count). The Balaban J connectivity index is 2.29. The summed E-state index contributed by atoms with van der Waals surface area (Å²) in [6.07, 6.45) is 0.863. The van der Waals surface area contributed by atoms with E-state index in [-0.39, 0.29) is 22.0 Å². The monoisotopic (exact) mass is 311 g/mol. The minimum Gasteiger partial charge on any atom is -0.366 e. The molecule has 0 saturated heterocycles. The molecule has 0 radical (unpaired) electrons. The van der Waals surface area contributed by atoms with Gasteiger partial charge in [-0.15, -0.1) is 0 Å². The highest BCUT2D eigenvalue weighted by Gasteiger charge is 2.15. The standard InChI is InChI=1S/C13H8ClF2N3O2/c14-11-9(3-6(15)5-18-11)13(21)19-7-1-2-10(16)8(4-7)12(17)20/h1-5H,(H2,17,20)(H,19,21). The molecule has 0 aliphatic carbocycles. The van der Waals surface area contributed by atoms with E-state index < -0.39 is 23.4 Å². The Morgan fingerprint density at radius 2 is 1.90 bits per heavy atom. The zero-order valence-corrected chi connectivity index (χ0v) is 11.1. The van der Waals surface area contributed by atoms with Gasteiger partial charge in [-0.2, -0.15) is 0 Å². The topological polar surface area (TPSA) is 85.1 Å². The van der Waals surface area contributed by atoms with Crippen molar-refractivity contribution in [3.63, 3.8) is 0 Å². The van der Waals surface area contributed by atoms with E-state index in [0.717, 1.165) is 24.4 Å². The lowest BCUT2D eigenvalue weighted by atomic mass is 10.1. The summed E-state index contributed by atoms with van der Waals surface area (Å²) < 4.78 is 26.4. The van der Waals surface area contributed by atoms with E-state index in [2.05, 4.69) is 10.3 Å². The molecule has 0 aliphatic rings. The number of primary amides is 1. The van der Waals surface area contributed by atoms with E-state index in [1.54, 1.807) is 0 Å². The quantitative estimate of drug-likeness (QED) is 0.853. The number of nitrogens with two attached hydrogens (primary N) is 1. The maximum absolute atomic E-state index is 13.3. The highest BCUT2D eigenvalue weighted by atomic mass is 35.5. The lowest BCUT2D eigenvalue weighted by molar-refractivity contribution is 0.0992. The van der Waals surface area contributed by atoms with Gasteiger partial charge in [-0.05, 0) is 24.3 Å². The molecule has 1 aromatic carbocycles. The van der Waals surface area contributed by atoms with E-state index in [9.17, 15) is 18.4 Å². The second-order valence-corrected chi connectivity index (χ2v) is 4.36. The van der Waals surface area contributed by atoms with Crippen LogP contribution in [0.1, 0.15) is 20.7 Å². The van der Waals surface area contributed by atoms with Crippen molar-refractivity contribution in [1.82, 2.24) is 4.98 Å². The number of hydrogen-bond acceptors (Lipinski definition) is 3. The van der Waals surface area contributed by atoms with Gasteiger partial charge in [0.2, 0.25) is 0 Å². The van der Waals surface area contributed by atoms with Crippen molar-refractivity contribution in [3.05, 3.63) is 58.4 Å². The van der Waals surface area contributed by atoms with Crippen LogP contribution in [0.2, 0.25) is 5.15 Å². The van der Waals surface area contributed by atoms with Gasteiger partial charge >= 0.3 is 0 Å². The van der Waals surface area contributed by atoms with E-state index in [4.69, 9.17) is 17.3 Å². The van der Waals surface area contributed by atoms with Gasteiger partial charge in [0.25, 0.3) is 11.8 Å². The molecular weight excluding hydrogens is 304 g/mol. The smallest absolute Gasteiger partial charge is 0.258 e. The Morgan fingerprint density at radius 1 is 1.19 bits per heavy atom. The third-order valence-electron chi connectivity index (χ3n) is 2.54. The van der Waals surface area contributed by atoms with Crippen molar-refractivity contribution < 1.29 is 18.4 Å². The normalized spacial score (nSPS) is 10.2. The molecule has 0 saturated carbocycles. The van der Waals surface area contributed by atoms with Crippen LogP contribution in [0.5, 0.6) is 0 Å². The molecule has 21 heavy (non-hydrogen) atoms. The molecule has 1 aromatic heterocycles. The molecule has 8 heteroatoms. The molecule has 0 atom stereocenters. The fourth-order valence-electron chi connectivity index (χ4n) is 1.57. The Labute approximate surface area is 122 Å². The van der Waals surface area contributed by atoms with E-state index in [1.807, 2.05) is 0 Å². The van der Waals surface area contributed by atoms with Crippen molar-refractivity contribution in [3.8, 4) is 0 Å². The Kier molecular flexibility index (Phi) is 4.13. The van der Waals surface area contributed by atoms with Crippen LogP contribution in [0.3, 0.4) is 0 Å². The molecular formula is C13H8ClF2N3O2. The van der Waals surface area contributed by atoms with Crippen LogP contribution < -0.4 is 11.1 Å². The van der Waals surface area contributed by atoms with Crippen LogP contribution in [-0.4, -0.2) is 16.8 Å². The van der Waals surface area contributed by atoms with E-state index >= 15 is 0 Å². The largest absolute Gasteiger partial charge is 0.366 e. The molecule has 3 N–H and O–H groups in total. The average Bonchev–Trinajstić information content (AvgIpc) is 2.43. The number of rotatable bonds is 3. The molecule has 108 valence electrons. The molecule has 2 aromatic rings. The molecule has 0 bridgehead atoms. The lowest BCUT2D eigenvalue weighted by Crippen LogP contribution is -2.16. The molecule has 0 aliphatic heterocycles. The number of carbonyl (C=O) groups excluding carboxylic acids is 2. The average molecular weight is 312 g/mol. The van der Waals surface area contributed by atoms with Crippen molar-refractivity contribution in [2.45, 2.75) is 0 Å². The summed E-state index contributed by atoms with van der Waals surface area (Å²) in [5, 5.41) is 2.16. The number of halogens is 3. The number of anilines is 1. The minimum atomic E-state index is -0.978. The second-order valence-electron chi connectivity index (χ2n) is 4.00. The number of benzene rings is 1. The Bertz CT molecular complexity index is 737. The van der Waals surface area contributed by atoms with E-state index in [1.165, 1.54) is 6.07 Å². The molecule has 0 unspecified atom stereocenters. The van der Waals surface area contributed by atoms with Crippen LogP contribution in [0.25, 0.3) is 0 Å². The first kappa shape index (κ1) is 14.9. The Hall–Kier alpha value is -2.54. The van der Waals surface area contributed by atoms with Crippen molar-refractivity contribution in [2.75, 3.05) is 5.32 Å². The van der Waals surface area contributed by atoms with Gasteiger partial charge in [0.05, 0.1) is 17.3 Å². The van der Waals surface area contributed by atoms with Gasteiger partial charge in [0.1, 0.15) is 16.8 Å². The number of hydrogen-bond donors (Lipinski definition) is 2. The number of amides is 2. The maximum atomic E-state index is 13.3. The predicted octanol–water partition coefficient (Wildman–Crippen LogP) is 2.36. The van der Waals surface area contributed by atoms with Gasteiger partial charge in [-0.1, -0.05) is 11.6 Å². The zero-order chi connectivity index (χ0) is 15.6. The second kappa shape index (κ2) is 5.84. The van der Waals surface area contributed by atoms with Crippen molar-refractivity contribution in [1.29, 1.82) is 0 Å². The molecule has 0 fully saturated rings. The first-order valence-corrected chi connectivity index (χ1v) is 5.98. The molecule has 2 amide bonds. The third kappa shape index (κ3) is 3.32. The van der Waals surface area contributed by atoms with Crippen LogP contribution in [0.4, 0.5) is 14.5 Å². The number of nitrogens with one attached hydrogen (secondary N) is 1. The van der Waals surface area contributed by atoms with Crippen molar-refractivity contribution in [2.24, 2.45) is 5.73 Å². The highest BCUT2D eigenvalue weighted by molar-refractivity contribution is 6.33. The number of aromatic nitrogens is 1. The van der Waals surface area contributed by atoms with Gasteiger partial charge < -0.3 is 11.1 Å². The summed E-state index contributed by atoms with van der Waals surface area (Å²) in [5.74, 6) is -3.28. The van der Waals surface area contributed by atoms with Gasteiger partial charge in [0.15, 0.2) is 0 Å². The minimum absolute atomic E-state index is 0.107. The number of nitrogens with zero attached hydrogens (tertiary/aromatic N) is 1. The summed E-state index contributed by atoms with van der Waals surface area (Å²) in [4.78, 5) is 26.5. The third-order valence-corrected chi connectivity index (χ3v) is 2.84. The SMILES string of the molecule is NC(=O)c1cc(NC(=O)c2cc(F)cnc2Cl)ccc1F. The van der Waals surface area contributed by atoms with Crippen molar-refractivity contribution >= 4 is 29.1 Å². The van der Waals surface area contributed by atoms with Crippen LogP contribution in [0, 0.1) is 11.6 Å². The zero-order valence-electron chi connectivity index (χ0n) is 10.4. The number of pyridine rings is 1. The molecule has 5 nitrogen and oxygen atoms in total. The van der Waals surface area contributed by atoms with Crippen LogP contribution in [0.15, 0.2) is 30.5 Å². The van der Waals surface area contributed by atoms with Crippen LogP contribution >= 0.6 is 11.6 Å². The highest BCUT2D eigenvalue weighted by Crippen LogP contribution is 2.18. The summed E-state index contributed by atoms with van der Waals surface area (Å²) in [7, 11) is 0.